The van der Waals surface area contributed by atoms with Crippen LogP contribution >= 0.6 is 0 Å². The van der Waals surface area contributed by atoms with E-state index in [-0.39, 0.29) is 11.4 Å². The second-order valence-electron chi connectivity index (χ2n) is 3.67. The van der Waals surface area contributed by atoms with Crippen molar-refractivity contribution in [2.45, 2.75) is 25.6 Å². The first kappa shape index (κ1) is 14.5. The van der Waals surface area contributed by atoms with Gasteiger partial charge < -0.3 is 10.1 Å². The van der Waals surface area contributed by atoms with Gasteiger partial charge in [-0.25, -0.2) is 8.78 Å². The van der Waals surface area contributed by atoms with Crippen LogP contribution in [0.25, 0.3) is 0 Å². The Hall–Kier alpha value is -1.53. The zero-order valence-corrected chi connectivity index (χ0v) is 9.47. The molecule has 1 aromatic carbocycles. The third-order valence-electron chi connectivity index (χ3n) is 2.04. The van der Waals surface area contributed by atoms with Gasteiger partial charge in [0, 0.05) is 0 Å². The Morgan fingerprint density at radius 3 is 2.39 bits per heavy atom. The van der Waals surface area contributed by atoms with E-state index in [1.54, 1.807) is 0 Å². The third-order valence-corrected chi connectivity index (χ3v) is 2.04. The standard InChI is InChI=1S/C11H12F5NO/c1-7(10(12)13)17-8-4-2-3-5-9(8)18-6-11(14,15)16/h2-5,7,10,17H,6H2,1H3. The number of anilines is 1. The van der Waals surface area contributed by atoms with Gasteiger partial charge in [0.25, 0.3) is 6.43 Å². The van der Waals surface area contributed by atoms with Gasteiger partial charge in [0.2, 0.25) is 0 Å². The molecule has 0 aromatic heterocycles. The predicted octanol–water partition coefficient (Wildman–Crippen LogP) is 3.69. The quantitative estimate of drug-likeness (QED) is 0.823. The number of nitrogens with one attached hydrogen (secondary N) is 1. The predicted molar refractivity (Wildman–Crippen MR) is 57.1 cm³/mol. The molecule has 1 unspecified atom stereocenters. The highest BCUT2D eigenvalue weighted by Gasteiger charge is 2.29. The highest BCUT2D eigenvalue weighted by Crippen LogP contribution is 2.27. The third kappa shape index (κ3) is 4.77. The minimum atomic E-state index is -4.47. The zero-order chi connectivity index (χ0) is 13.8. The normalized spacial score (nSPS) is 13.5. The van der Waals surface area contributed by atoms with E-state index in [9.17, 15) is 22.0 Å². The molecule has 1 aromatic rings. The van der Waals surface area contributed by atoms with E-state index in [4.69, 9.17) is 0 Å². The average Bonchev–Trinajstić information content (AvgIpc) is 2.26. The lowest BCUT2D eigenvalue weighted by atomic mass is 10.2. The first-order valence-electron chi connectivity index (χ1n) is 5.13. The van der Waals surface area contributed by atoms with Crippen molar-refractivity contribution < 1.29 is 26.7 Å². The molecule has 0 spiro atoms. The number of benzene rings is 1. The first-order chi connectivity index (χ1) is 8.29. The molecular formula is C11H12F5NO. The molecule has 1 atom stereocenters. The highest BCUT2D eigenvalue weighted by atomic mass is 19.4. The van der Waals surface area contributed by atoms with Gasteiger partial charge in [0.05, 0.1) is 11.7 Å². The van der Waals surface area contributed by atoms with Crippen LogP contribution in [0, 0.1) is 0 Å². The fourth-order valence-electron chi connectivity index (χ4n) is 1.18. The zero-order valence-electron chi connectivity index (χ0n) is 9.47. The number of para-hydroxylation sites is 2. The second-order valence-corrected chi connectivity index (χ2v) is 3.67. The molecule has 2 nitrogen and oxygen atoms in total. The van der Waals surface area contributed by atoms with Crippen molar-refractivity contribution in [2.24, 2.45) is 0 Å². The van der Waals surface area contributed by atoms with Crippen LogP contribution in [0.15, 0.2) is 24.3 Å². The van der Waals surface area contributed by atoms with Crippen molar-refractivity contribution in [3.05, 3.63) is 24.3 Å². The number of alkyl halides is 5. The van der Waals surface area contributed by atoms with Crippen molar-refractivity contribution in [2.75, 3.05) is 11.9 Å². The van der Waals surface area contributed by atoms with E-state index in [0.717, 1.165) is 0 Å². The average molecular weight is 269 g/mol. The lowest BCUT2D eigenvalue weighted by Crippen LogP contribution is -2.25. The Bertz CT molecular complexity index is 380. The van der Waals surface area contributed by atoms with Crippen LogP contribution in [0.3, 0.4) is 0 Å². The van der Waals surface area contributed by atoms with Gasteiger partial charge in [-0.15, -0.1) is 0 Å². The van der Waals surface area contributed by atoms with Crippen LogP contribution in [0.1, 0.15) is 6.92 Å². The highest BCUT2D eigenvalue weighted by molar-refractivity contribution is 5.56. The van der Waals surface area contributed by atoms with Crippen LogP contribution in [-0.2, 0) is 0 Å². The van der Waals surface area contributed by atoms with E-state index in [1.165, 1.54) is 31.2 Å². The van der Waals surface area contributed by atoms with Gasteiger partial charge in [0.15, 0.2) is 6.61 Å². The van der Waals surface area contributed by atoms with Crippen LogP contribution in [0.2, 0.25) is 0 Å². The largest absolute Gasteiger partial charge is 0.482 e. The lowest BCUT2D eigenvalue weighted by Gasteiger charge is -2.18. The maximum Gasteiger partial charge on any atom is 0.422 e. The fraction of sp³-hybridized carbons (Fsp3) is 0.455. The summed E-state index contributed by atoms with van der Waals surface area (Å²) in [4.78, 5) is 0. The molecule has 7 heteroatoms. The molecule has 0 saturated carbocycles. The fourth-order valence-corrected chi connectivity index (χ4v) is 1.18. The van der Waals surface area contributed by atoms with Gasteiger partial charge in [-0.3, -0.25) is 0 Å². The molecule has 1 rings (SSSR count). The minimum Gasteiger partial charge on any atom is -0.482 e. The van der Waals surface area contributed by atoms with Gasteiger partial charge >= 0.3 is 6.18 Å². The molecule has 0 saturated heterocycles. The van der Waals surface area contributed by atoms with Gasteiger partial charge in [-0.1, -0.05) is 12.1 Å². The summed E-state index contributed by atoms with van der Waals surface area (Å²) in [5.41, 5.74) is 0.106. The van der Waals surface area contributed by atoms with Crippen molar-refractivity contribution >= 4 is 5.69 Å². The summed E-state index contributed by atoms with van der Waals surface area (Å²) in [5.74, 6) is -0.109. The Morgan fingerprint density at radius 2 is 1.83 bits per heavy atom. The Kier molecular flexibility index (Phi) is 4.75. The number of rotatable bonds is 5. The number of hydrogen-bond acceptors (Lipinski definition) is 2. The van der Waals surface area contributed by atoms with Crippen LogP contribution < -0.4 is 10.1 Å². The first-order valence-corrected chi connectivity index (χ1v) is 5.13. The molecule has 0 radical (unpaired) electrons. The van der Waals surface area contributed by atoms with E-state index in [0.29, 0.717) is 0 Å². The summed E-state index contributed by atoms with van der Waals surface area (Å²) in [6.45, 7) is -0.236. The van der Waals surface area contributed by atoms with E-state index >= 15 is 0 Å². The molecule has 0 heterocycles. The molecule has 0 bridgehead atoms. The molecule has 102 valence electrons. The molecule has 18 heavy (non-hydrogen) atoms. The lowest BCUT2D eigenvalue weighted by molar-refractivity contribution is -0.153. The smallest absolute Gasteiger partial charge is 0.422 e. The van der Waals surface area contributed by atoms with E-state index < -0.39 is 25.3 Å². The monoisotopic (exact) mass is 269 g/mol. The van der Waals surface area contributed by atoms with Crippen LogP contribution in [0.5, 0.6) is 5.75 Å². The van der Waals surface area contributed by atoms with Gasteiger partial charge in [-0.2, -0.15) is 13.2 Å². The summed E-state index contributed by atoms with van der Waals surface area (Å²) >= 11 is 0. The number of halogens is 5. The molecule has 0 aliphatic heterocycles. The van der Waals surface area contributed by atoms with Gasteiger partial charge in [-0.05, 0) is 19.1 Å². The summed E-state index contributed by atoms with van der Waals surface area (Å²) in [6, 6.07) is 4.46. The minimum absolute atomic E-state index is 0.106. The number of ether oxygens (including phenoxy) is 1. The molecular weight excluding hydrogens is 257 g/mol. The number of hydrogen-bond donors (Lipinski definition) is 1. The van der Waals surface area contributed by atoms with Crippen LogP contribution in [-0.4, -0.2) is 25.3 Å². The van der Waals surface area contributed by atoms with Crippen molar-refractivity contribution in [3.63, 3.8) is 0 Å². The van der Waals surface area contributed by atoms with E-state index in [1.807, 2.05) is 0 Å². The Balaban J connectivity index is 2.73. The molecule has 0 aliphatic rings. The summed E-state index contributed by atoms with van der Waals surface area (Å²) in [6.07, 6.45) is -7.10. The maximum atomic E-state index is 12.3. The topological polar surface area (TPSA) is 21.3 Å². The van der Waals surface area contributed by atoms with Crippen molar-refractivity contribution in [1.82, 2.24) is 0 Å². The SMILES string of the molecule is CC(Nc1ccccc1OCC(F)(F)F)C(F)F. The molecule has 0 amide bonds. The van der Waals surface area contributed by atoms with E-state index in [2.05, 4.69) is 10.1 Å². The molecule has 0 fully saturated rings. The maximum absolute atomic E-state index is 12.3. The molecule has 0 aliphatic carbocycles. The summed E-state index contributed by atoms with van der Waals surface area (Å²) in [7, 11) is 0. The van der Waals surface area contributed by atoms with Crippen molar-refractivity contribution in [1.29, 1.82) is 0 Å². The Labute approximate surface area is 101 Å². The van der Waals surface area contributed by atoms with Crippen molar-refractivity contribution in [3.8, 4) is 5.75 Å². The Morgan fingerprint density at radius 1 is 1.22 bits per heavy atom. The molecule has 1 N–H and O–H groups in total. The van der Waals surface area contributed by atoms with Gasteiger partial charge in [0.1, 0.15) is 5.75 Å². The van der Waals surface area contributed by atoms with Crippen LogP contribution in [0.4, 0.5) is 27.6 Å². The summed E-state index contributed by atoms with van der Waals surface area (Å²) < 4.78 is 65.2. The second kappa shape index (κ2) is 5.88. The summed E-state index contributed by atoms with van der Waals surface area (Å²) in [5, 5.41) is 2.40.